The van der Waals surface area contributed by atoms with Gasteiger partial charge in [-0.1, -0.05) is 0 Å². The van der Waals surface area contributed by atoms with Gasteiger partial charge in [-0.05, 0) is 24.6 Å². The van der Waals surface area contributed by atoms with E-state index in [4.69, 9.17) is 5.73 Å². The summed E-state index contributed by atoms with van der Waals surface area (Å²) in [5, 5.41) is 0.486. The number of rotatable bonds is 2. The van der Waals surface area contributed by atoms with Gasteiger partial charge in [0.25, 0.3) is 0 Å². The molecule has 0 aromatic carbocycles. The Kier molecular flexibility index (Phi) is 5.92. The van der Waals surface area contributed by atoms with Crippen molar-refractivity contribution in [2.75, 3.05) is 6.54 Å². The molecule has 0 saturated heterocycles. The zero-order valence-electron chi connectivity index (χ0n) is 9.12. The summed E-state index contributed by atoms with van der Waals surface area (Å²) in [6, 6.07) is 1.10. The van der Waals surface area contributed by atoms with E-state index in [-0.39, 0.29) is 24.8 Å². The van der Waals surface area contributed by atoms with E-state index in [0.29, 0.717) is 24.0 Å². The molecule has 0 aliphatic heterocycles. The third-order valence-corrected chi connectivity index (χ3v) is 2.36. The lowest BCUT2D eigenvalue weighted by Crippen LogP contribution is -2.06. The number of hydrogen-bond donors (Lipinski definition) is 2. The van der Waals surface area contributed by atoms with Crippen molar-refractivity contribution in [2.45, 2.75) is 12.6 Å². The first-order chi connectivity index (χ1) is 7.52. The van der Waals surface area contributed by atoms with Crippen LogP contribution >= 0.6 is 24.8 Å². The first-order valence-corrected chi connectivity index (χ1v) is 4.75. The lowest BCUT2D eigenvalue weighted by molar-refractivity contribution is -0.137. The minimum atomic E-state index is -4.36. The first kappa shape index (κ1) is 17.0. The van der Waals surface area contributed by atoms with E-state index >= 15 is 0 Å². The third kappa shape index (κ3) is 3.28. The average Bonchev–Trinajstić information content (AvgIpc) is 2.60. The van der Waals surface area contributed by atoms with E-state index < -0.39 is 11.7 Å². The van der Waals surface area contributed by atoms with Gasteiger partial charge in [-0.3, -0.25) is 0 Å². The predicted octanol–water partition coefficient (Wildman–Crippen LogP) is 2.93. The molecule has 2 aromatic rings. The molecule has 3 nitrogen and oxygen atoms in total. The van der Waals surface area contributed by atoms with Crippen LogP contribution in [0.4, 0.5) is 13.2 Å². The number of aromatic nitrogens is 2. The molecular formula is C10H12Cl2F3N3. The van der Waals surface area contributed by atoms with Crippen LogP contribution in [0, 0.1) is 0 Å². The van der Waals surface area contributed by atoms with E-state index in [1.165, 1.54) is 0 Å². The standard InChI is InChI=1S/C10H10F3N3.2ClH/c11-10(12,13)7-3-8-6(1-2-14)4-15-9(8)16-5-7;;/h3-5H,1-2,14H2,(H,15,16);2*1H. The number of pyridine rings is 1. The summed E-state index contributed by atoms with van der Waals surface area (Å²) in [7, 11) is 0. The van der Waals surface area contributed by atoms with Gasteiger partial charge < -0.3 is 10.7 Å². The van der Waals surface area contributed by atoms with Crippen molar-refractivity contribution in [3.05, 3.63) is 29.6 Å². The molecule has 2 aromatic heterocycles. The van der Waals surface area contributed by atoms with Crippen LogP contribution in [0.2, 0.25) is 0 Å². The Hall–Kier alpha value is -0.980. The fourth-order valence-corrected chi connectivity index (χ4v) is 1.58. The summed E-state index contributed by atoms with van der Waals surface area (Å²) in [6.45, 7) is 0.392. The Bertz CT molecular complexity index is 511. The van der Waals surface area contributed by atoms with Gasteiger partial charge in [0.1, 0.15) is 5.65 Å². The van der Waals surface area contributed by atoms with E-state index in [0.717, 1.165) is 17.8 Å². The van der Waals surface area contributed by atoms with Gasteiger partial charge in [0.15, 0.2) is 0 Å². The molecule has 0 amide bonds. The molecular weight excluding hydrogens is 290 g/mol. The maximum atomic E-state index is 12.5. The van der Waals surface area contributed by atoms with E-state index in [9.17, 15) is 13.2 Å². The summed E-state index contributed by atoms with van der Waals surface area (Å²) in [4.78, 5) is 6.55. The second kappa shape index (κ2) is 6.26. The summed E-state index contributed by atoms with van der Waals surface area (Å²) in [5.41, 5.74) is 5.86. The van der Waals surface area contributed by atoms with Crippen molar-refractivity contribution in [3.8, 4) is 0 Å². The quantitative estimate of drug-likeness (QED) is 0.896. The lowest BCUT2D eigenvalue weighted by atomic mass is 10.1. The molecule has 3 N–H and O–H groups in total. The van der Waals surface area contributed by atoms with Gasteiger partial charge in [-0.15, -0.1) is 24.8 Å². The highest BCUT2D eigenvalue weighted by molar-refractivity contribution is 5.85. The molecule has 0 atom stereocenters. The monoisotopic (exact) mass is 301 g/mol. The average molecular weight is 302 g/mol. The van der Waals surface area contributed by atoms with Crippen molar-refractivity contribution >= 4 is 35.8 Å². The number of nitrogens with two attached hydrogens (primary N) is 1. The molecule has 0 aliphatic carbocycles. The molecule has 18 heavy (non-hydrogen) atoms. The minimum absolute atomic E-state index is 0. The van der Waals surface area contributed by atoms with Crippen molar-refractivity contribution in [3.63, 3.8) is 0 Å². The molecule has 2 heterocycles. The van der Waals surface area contributed by atoms with Crippen molar-refractivity contribution < 1.29 is 13.2 Å². The van der Waals surface area contributed by atoms with Crippen LogP contribution in [0.3, 0.4) is 0 Å². The molecule has 102 valence electrons. The van der Waals surface area contributed by atoms with Crippen molar-refractivity contribution in [1.29, 1.82) is 0 Å². The van der Waals surface area contributed by atoms with Gasteiger partial charge in [0.05, 0.1) is 5.56 Å². The molecule has 0 unspecified atom stereocenters. The van der Waals surface area contributed by atoms with Gasteiger partial charge >= 0.3 is 6.18 Å². The first-order valence-electron chi connectivity index (χ1n) is 4.75. The second-order valence-electron chi connectivity index (χ2n) is 3.47. The number of alkyl halides is 3. The Morgan fingerprint density at radius 2 is 1.94 bits per heavy atom. The molecule has 8 heteroatoms. The van der Waals surface area contributed by atoms with E-state index in [2.05, 4.69) is 9.97 Å². The maximum absolute atomic E-state index is 12.5. The fraction of sp³-hybridized carbons (Fsp3) is 0.300. The van der Waals surface area contributed by atoms with Crippen LogP contribution < -0.4 is 5.73 Å². The summed E-state index contributed by atoms with van der Waals surface area (Å²) in [6.07, 6.45) is -1.36. The highest BCUT2D eigenvalue weighted by Crippen LogP contribution is 2.31. The smallest absolute Gasteiger partial charge is 0.346 e. The molecule has 2 rings (SSSR count). The minimum Gasteiger partial charge on any atom is -0.346 e. The SMILES string of the molecule is Cl.Cl.NCCc1c[nH]c2ncc(C(F)(F)F)cc12. The highest BCUT2D eigenvalue weighted by atomic mass is 35.5. The van der Waals surface area contributed by atoms with Crippen LogP contribution in [0.5, 0.6) is 0 Å². The Balaban J connectivity index is 0.00000144. The molecule has 0 saturated carbocycles. The molecule has 0 radical (unpaired) electrons. The third-order valence-electron chi connectivity index (χ3n) is 2.36. The maximum Gasteiger partial charge on any atom is 0.417 e. The molecule has 0 aliphatic rings. The number of nitrogens with one attached hydrogen (secondary N) is 1. The van der Waals surface area contributed by atoms with E-state index in [1.807, 2.05) is 0 Å². The second-order valence-corrected chi connectivity index (χ2v) is 3.47. The zero-order valence-corrected chi connectivity index (χ0v) is 10.8. The van der Waals surface area contributed by atoms with Crippen molar-refractivity contribution in [2.24, 2.45) is 5.73 Å². The van der Waals surface area contributed by atoms with Crippen LogP contribution in [0.1, 0.15) is 11.1 Å². The Morgan fingerprint density at radius 1 is 1.28 bits per heavy atom. The van der Waals surface area contributed by atoms with Gasteiger partial charge in [0, 0.05) is 17.8 Å². The number of halogens is 5. The highest BCUT2D eigenvalue weighted by Gasteiger charge is 2.31. The Labute approximate surface area is 114 Å². The van der Waals surface area contributed by atoms with Crippen LogP contribution in [-0.4, -0.2) is 16.5 Å². The van der Waals surface area contributed by atoms with Gasteiger partial charge in [0.2, 0.25) is 0 Å². The summed E-state index contributed by atoms with van der Waals surface area (Å²) < 4.78 is 37.4. The fourth-order valence-electron chi connectivity index (χ4n) is 1.58. The van der Waals surface area contributed by atoms with E-state index in [1.54, 1.807) is 6.20 Å². The molecule has 0 bridgehead atoms. The summed E-state index contributed by atoms with van der Waals surface area (Å²) in [5.74, 6) is 0. The number of nitrogens with zero attached hydrogens (tertiary/aromatic N) is 1. The number of fused-ring (bicyclic) bond motifs is 1. The molecule has 0 fully saturated rings. The summed E-state index contributed by atoms with van der Waals surface area (Å²) >= 11 is 0. The number of hydrogen-bond acceptors (Lipinski definition) is 2. The number of aromatic amines is 1. The van der Waals surface area contributed by atoms with Crippen LogP contribution in [-0.2, 0) is 12.6 Å². The largest absolute Gasteiger partial charge is 0.417 e. The topological polar surface area (TPSA) is 54.7 Å². The normalized spacial score (nSPS) is 10.9. The Morgan fingerprint density at radius 3 is 2.50 bits per heavy atom. The lowest BCUT2D eigenvalue weighted by Gasteiger charge is -2.05. The van der Waals surface area contributed by atoms with Gasteiger partial charge in [-0.25, -0.2) is 4.98 Å². The van der Waals surface area contributed by atoms with Crippen LogP contribution in [0.15, 0.2) is 18.5 Å². The van der Waals surface area contributed by atoms with Crippen LogP contribution in [0.25, 0.3) is 11.0 Å². The molecule has 0 spiro atoms. The number of H-pyrrole nitrogens is 1. The van der Waals surface area contributed by atoms with Gasteiger partial charge in [-0.2, -0.15) is 13.2 Å². The van der Waals surface area contributed by atoms with Crippen molar-refractivity contribution in [1.82, 2.24) is 9.97 Å². The predicted molar refractivity (Wildman–Crippen MR) is 68.4 cm³/mol. The zero-order chi connectivity index (χ0) is 11.8.